The van der Waals surface area contributed by atoms with Crippen molar-refractivity contribution in [3.05, 3.63) is 58.0 Å². The third-order valence-corrected chi connectivity index (χ3v) is 4.05. The fourth-order valence-electron chi connectivity index (χ4n) is 1.91. The number of hydrogen-bond acceptors (Lipinski definition) is 5. The third kappa shape index (κ3) is 6.72. The number of halogens is 1. The number of hydrogen-bond donors (Lipinski definition) is 2. The average molecular weight is 364 g/mol. The Morgan fingerprint density at radius 3 is 2.68 bits per heavy atom. The number of thiophene rings is 1. The Labute approximate surface area is 148 Å². The van der Waals surface area contributed by atoms with Gasteiger partial charge in [-0.1, -0.05) is 12.1 Å². The van der Waals surface area contributed by atoms with Gasteiger partial charge in [0.05, 0.1) is 0 Å². The van der Waals surface area contributed by atoms with Crippen LogP contribution in [0, 0.1) is 5.82 Å². The molecule has 0 fully saturated rings. The largest absolute Gasteiger partial charge is 0.454 e. The third-order valence-electron chi connectivity index (χ3n) is 3.12. The van der Waals surface area contributed by atoms with Crippen LogP contribution in [0.25, 0.3) is 0 Å². The molecule has 6 nitrogen and oxygen atoms in total. The van der Waals surface area contributed by atoms with Gasteiger partial charge in [0.1, 0.15) is 12.4 Å². The van der Waals surface area contributed by atoms with Crippen molar-refractivity contribution in [3.63, 3.8) is 0 Å². The molecule has 2 aromatic rings. The van der Waals surface area contributed by atoms with E-state index in [4.69, 9.17) is 4.74 Å². The summed E-state index contributed by atoms with van der Waals surface area (Å²) in [4.78, 5) is 36.0. The highest BCUT2D eigenvalue weighted by Gasteiger charge is 2.11. The summed E-state index contributed by atoms with van der Waals surface area (Å²) in [6.07, 6.45) is 0.709. The molecule has 0 aliphatic carbocycles. The van der Waals surface area contributed by atoms with Gasteiger partial charge in [-0.3, -0.25) is 14.4 Å². The molecule has 0 aliphatic rings. The number of benzene rings is 1. The van der Waals surface area contributed by atoms with Crippen LogP contribution in [0.1, 0.15) is 15.2 Å². The Bertz CT molecular complexity index is 734. The van der Waals surface area contributed by atoms with E-state index in [0.717, 1.165) is 10.9 Å². The SMILES string of the molecule is O=C(COC(=O)CNC(=O)c1cccc(F)c1)NCCc1cccs1. The summed E-state index contributed by atoms with van der Waals surface area (Å²) in [5, 5.41) is 6.89. The predicted molar refractivity (Wildman–Crippen MR) is 90.7 cm³/mol. The van der Waals surface area contributed by atoms with Gasteiger partial charge in [0, 0.05) is 17.0 Å². The van der Waals surface area contributed by atoms with Crippen molar-refractivity contribution >= 4 is 29.1 Å². The summed E-state index contributed by atoms with van der Waals surface area (Å²) in [6, 6.07) is 8.98. The highest BCUT2D eigenvalue weighted by atomic mass is 32.1. The van der Waals surface area contributed by atoms with Crippen LogP contribution in [-0.4, -0.2) is 37.5 Å². The maximum atomic E-state index is 13.0. The molecular weight excluding hydrogens is 347 g/mol. The Kier molecular flexibility index (Phi) is 7.09. The standard InChI is InChI=1S/C17H17FN2O4S/c18-13-4-1-3-12(9-13)17(23)20-10-16(22)24-11-15(21)19-7-6-14-5-2-8-25-14/h1-5,8-9H,6-7,10-11H2,(H,19,21)(H,20,23). The van der Waals surface area contributed by atoms with Crippen LogP contribution in [0.3, 0.4) is 0 Å². The Morgan fingerprint density at radius 2 is 1.96 bits per heavy atom. The van der Waals surface area contributed by atoms with Crippen molar-refractivity contribution in [2.45, 2.75) is 6.42 Å². The van der Waals surface area contributed by atoms with Gasteiger partial charge in [0.2, 0.25) is 0 Å². The highest BCUT2D eigenvalue weighted by Crippen LogP contribution is 2.08. The summed E-state index contributed by atoms with van der Waals surface area (Å²) in [5.41, 5.74) is 0.0964. The van der Waals surface area contributed by atoms with Crippen LogP contribution in [0.2, 0.25) is 0 Å². The number of rotatable bonds is 8. The van der Waals surface area contributed by atoms with Gasteiger partial charge in [-0.25, -0.2) is 4.39 Å². The van der Waals surface area contributed by atoms with Gasteiger partial charge in [-0.15, -0.1) is 11.3 Å². The van der Waals surface area contributed by atoms with Crippen molar-refractivity contribution in [3.8, 4) is 0 Å². The van der Waals surface area contributed by atoms with E-state index in [9.17, 15) is 18.8 Å². The molecule has 0 saturated heterocycles. The van der Waals surface area contributed by atoms with E-state index in [2.05, 4.69) is 10.6 Å². The minimum absolute atomic E-state index is 0.0964. The molecule has 0 saturated carbocycles. The molecule has 0 spiro atoms. The van der Waals surface area contributed by atoms with E-state index in [1.165, 1.54) is 18.2 Å². The van der Waals surface area contributed by atoms with Crippen LogP contribution < -0.4 is 10.6 Å². The number of nitrogens with one attached hydrogen (secondary N) is 2. The number of esters is 1. The lowest BCUT2D eigenvalue weighted by molar-refractivity contribution is -0.147. The topological polar surface area (TPSA) is 84.5 Å². The van der Waals surface area contributed by atoms with Gasteiger partial charge in [-0.05, 0) is 36.1 Å². The van der Waals surface area contributed by atoms with E-state index >= 15 is 0 Å². The Morgan fingerprint density at radius 1 is 1.12 bits per heavy atom. The average Bonchev–Trinajstić information content (AvgIpc) is 3.11. The Hall–Kier alpha value is -2.74. The monoisotopic (exact) mass is 364 g/mol. The molecular formula is C17H17FN2O4S. The van der Waals surface area contributed by atoms with Crippen LogP contribution in [0.15, 0.2) is 41.8 Å². The molecule has 2 rings (SSSR count). The molecule has 1 heterocycles. The first-order valence-corrected chi connectivity index (χ1v) is 8.41. The molecule has 1 aromatic carbocycles. The first-order chi connectivity index (χ1) is 12.0. The smallest absolute Gasteiger partial charge is 0.325 e. The molecule has 0 radical (unpaired) electrons. The van der Waals surface area contributed by atoms with Crippen molar-refractivity contribution in [2.24, 2.45) is 0 Å². The van der Waals surface area contributed by atoms with Crippen LogP contribution in [0.4, 0.5) is 4.39 Å². The summed E-state index contributed by atoms with van der Waals surface area (Å²) in [5.74, 6) is -2.31. The van der Waals surface area contributed by atoms with Crippen LogP contribution >= 0.6 is 11.3 Å². The normalized spacial score (nSPS) is 10.1. The summed E-state index contributed by atoms with van der Waals surface area (Å²) in [6.45, 7) is -0.371. The molecule has 0 unspecified atom stereocenters. The zero-order valence-corrected chi connectivity index (χ0v) is 14.1. The molecule has 1 aromatic heterocycles. The van der Waals surface area contributed by atoms with E-state index in [0.29, 0.717) is 13.0 Å². The second-order valence-corrected chi connectivity index (χ2v) is 6.07. The lowest BCUT2D eigenvalue weighted by atomic mass is 10.2. The van der Waals surface area contributed by atoms with Crippen molar-refractivity contribution < 1.29 is 23.5 Å². The fourth-order valence-corrected chi connectivity index (χ4v) is 2.62. The highest BCUT2D eigenvalue weighted by molar-refractivity contribution is 7.09. The predicted octanol–water partition coefficient (Wildman–Crippen LogP) is 1.52. The van der Waals surface area contributed by atoms with Gasteiger partial charge < -0.3 is 15.4 Å². The molecule has 0 bridgehead atoms. The van der Waals surface area contributed by atoms with E-state index in [-0.39, 0.29) is 5.56 Å². The molecule has 2 N–H and O–H groups in total. The maximum absolute atomic E-state index is 13.0. The number of amides is 2. The van der Waals surface area contributed by atoms with Crippen LogP contribution in [-0.2, 0) is 20.7 Å². The lowest BCUT2D eigenvalue weighted by Crippen LogP contribution is -2.34. The summed E-state index contributed by atoms with van der Waals surface area (Å²) < 4.78 is 17.8. The van der Waals surface area contributed by atoms with Gasteiger partial charge in [0.15, 0.2) is 6.61 Å². The number of carbonyl (C=O) groups is 3. The van der Waals surface area contributed by atoms with Crippen molar-refractivity contribution in [1.82, 2.24) is 10.6 Å². The van der Waals surface area contributed by atoms with Crippen LogP contribution in [0.5, 0.6) is 0 Å². The minimum atomic E-state index is -0.752. The zero-order valence-electron chi connectivity index (χ0n) is 13.3. The molecule has 8 heteroatoms. The second-order valence-electron chi connectivity index (χ2n) is 5.03. The van der Waals surface area contributed by atoms with E-state index < -0.39 is 36.8 Å². The lowest BCUT2D eigenvalue weighted by Gasteiger charge is -2.07. The number of ether oxygens (including phenoxy) is 1. The molecule has 2 amide bonds. The second kappa shape index (κ2) is 9.53. The van der Waals surface area contributed by atoms with Crippen molar-refractivity contribution in [2.75, 3.05) is 19.7 Å². The summed E-state index contributed by atoms with van der Waals surface area (Å²) in [7, 11) is 0. The van der Waals surface area contributed by atoms with E-state index in [1.54, 1.807) is 11.3 Å². The fraction of sp³-hybridized carbons (Fsp3) is 0.235. The van der Waals surface area contributed by atoms with E-state index in [1.807, 2.05) is 17.5 Å². The summed E-state index contributed by atoms with van der Waals surface area (Å²) >= 11 is 1.60. The van der Waals surface area contributed by atoms with Gasteiger partial charge in [-0.2, -0.15) is 0 Å². The molecule has 0 atom stereocenters. The van der Waals surface area contributed by atoms with Gasteiger partial charge in [0.25, 0.3) is 11.8 Å². The Balaban J connectivity index is 1.61. The first-order valence-electron chi connectivity index (χ1n) is 7.53. The zero-order chi connectivity index (χ0) is 18.1. The minimum Gasteiger partial charge on any atom is -0.454 e. The molecule has 25 heavy (non-hydrogen) atoms. The number of carbonyl (C=O) groups excluding carboxylic acids is 3. The van der Waals surface area contributed by atoms with Gasteiger partial charge >= 0.3 is 5.97 Å². The quantitative estimate of drug-likeness (QED) is 0.696. The van der Waals surface area contributed by atoms with Crippen molar-refractivity contribution in [1.29, 1.82) is 0 Å². The first kappa shape index (κ1) is 18.6. The molecule has 132 valence electrons. The maximum Gasteiger partial charge on any atom is 0.325 e. The molecule has 0 aliphatic heterocycles.